The first-order valence-corrected chi connectivity index (χ1v) is 5.80. The van der Waals surface area contributed by atoms with Gasteiger partial charge in [0.05, 0.1) is 6.54 Å². The fourth-order valence-corrected chi connectivity index (χ4v) is 2.45. The SMILES string of the molecule is CCC1(CC)CNC(C)CN1CC(F)F. The molecule has 1 unspecified atom stereocenters. The van der Waals surface area contributed by atoms with Gasteiger partial charge in [-0.2, -0.15) is 0 Å². The van der Waals surface area contributed by atoms with Gasteiger partial charge in [0, 0.05) is 24.7 Å². The molecule has 4 heteroatoms. The van der Waals surface area contributed by atoms with Crippen LogP contribution in [0.3, 0.4) is 0 Å². The zero-order valence-electron chi connectivity index (χ0n) is 9.89. The van der Waals surface area contributed by atoms with Gasteiger partial charge in [0.25, 0.3) is 6.43 Å². The van der Waals surface area contributed by atoms with Gasteiger partial charge < -0.3 is 5.32 Å². The lowest BCUT2D eigenvalue weighted by Crippen LogP contribution is -2.64. The summed E-state index contributed by atoms with van der Waals surface area (Å²) < 4.78 is 25.0. The number of rotatable bonds is 4. The fraction of sp³-hybridized carbons (Fsp3) is 1.00. The van der Waals surface area contributed by atoms with E-state index in [0.29, 0.717) is 6.04 Å². The molecule has 0 bridgehead atoms. The van der Waals surface area contributed by atoms with Crippen molar-refractivity contribution in [2.75, 3.05) is 19.6 Å². The standard InChI is InChI=1S/C11H22F2N2/c1-4-11(5-2)8-14-9(3)6-15(11)7-10(12)13/h9-10,14H,4-8H2,1-3H3. The van der Waals surface area contributed by atoms with Gasteiger partial charge in [0.15, 0.2) is 0 Å². The average Bonchev–Trinajstić information content (AvgIpc) is 2.18. The Morgan fingerprint density at radius 1 is 1.40 bits per heavy atom. The largest absolute Gasteiger partial charge is 0.311 e. The van der Waals surface area contributed by atoms with E-state index in [1.54, 1.807) is 0 Å². The van der Waals surface area contributed by atoms with Gasteiger partial charge in [-0.15, -0.1) is 0 Å². The Morgan fingerprint density at radius 3 is 2.47 bits per heavy atom. The van der Waals surface area contributed by atoms with Crippen molar-refractivity contribution in [2.24, 2.45) is 0 Å². The molecule has 0 aromatic heterocycles. The highest BCUT2D eigenvalue weighted by atomic mass is 19.3. The molecule has 1 aliphatic rings. The molecule has 1 saturated heterocycles. The van der Waals surface area contributed by atoms with Gasteiger partial charge in [-0.3, -0.25) is 4.90 Å². The molecule has 0 aliphatic carbocycles. The molecular formula is C11H22F2N2. The number of piperazine rings is 1. The molecule has 0 radical (unpaired) electrons. The summed E-state index contributed by atoms with van der Waals surface area (Å²) in [6.45, 7) is 7.68. The maximum Gasteiger partial charge on any atom is 0.251 e. The highest BCUT2D eigenvalue weighted by molar-refractivity contribution is 4.96. The molecule has 0 aromatic carbocycles. The Bertz CT molecular complexity index is 191. The molecule has 0 amide bonds. The number of hydrogen-bond acceptors (Lipinski definition) is 2. The van der Waals surface area contributed by atoms with Gasteiger partial charge in [-0.25, -0.2) is 8.78 Å². The van der Waals surface area contributed by atoms with E-state index in [0.717, 1.165) is 25.9 Å². The van der Waals surface area contributed by atoms with Crippen LogP contribution in [0.15, 0.2) is 0 Å². The molecule has 1 heterocycles. The fourth-order valence-electron chi connectivity index (χ4n) is 2.45. The number of hydrogen-bond donors (Lipinski definition) is 1. The van der Waals surface area contributed by atoms with Crippen molar-refractivity contribution >= 4 is 0 Å². The van der Waals surface area contributed by atoms with Gasteiger partial charge >= 0.3 is 0 Å². The van der Waals surface area contributed by atoms with Crippen LogP contribution in [0.25, 0.3) is 0 Å². The molecule has 1 rings (SSSR count). The van der Waals surface area contributed by atoms with Crippen LogP contribution in [0.5, 0.6) is 0 Å². The first-order chi connectivity index (χ1) is 7.04. The van der Waals surface area contributed by atoms with Crippen molar-refractivity contribution in [1.29, 1.82) is 0 Å². The summed E-state index contributed by atoms with van der Waals surface area (Å²) in [4.78, 5) is 1.97. The minimum atomic E-state index is -2.23. The highest BCUT2D eigenvalue weighted by Crippen LogP contribution is 2.27. The third-order valence-electron chi connectivity index (χ3n) is 3.62. The highest BCUT2D eigenvalue weighted by Gasteiger charge is 2.38. The Kier molecular flexibility index (Phi) is 4.46. The van der Waals surface area contributed by atoms with Crippen molar-refractivity contribution in [3.63, 3.8) is 0 Å². The van der Waals surface area contributed by atoms with Crippen LogP contribution in [0.1, 0.15) is 33.6 Å². The average molecular weight is 220 g/mol. The van der Waals surface area contributed by atoms with Crippen molar-refractivity contribution in [2.45, 2.75) is 51.6 Å². The predicted octanol–water partition coefficient (Wildman–Crippen LogP) is 2.10. The summed E-state index contributed by atoms with van der Waals surface area (Å²) in [5, 5.41) is 3.39. The number of nitrogens with zero attached hydrogens (tertiary/aromatic N) is 1. The third-order valence-corrected chi connectivity index (χ3v) is 3.62. The van der Waals surface area contributed by atoms with Crippen LogP contribution < -0.4 is 5.32 Å². The second kappa shape index (κ2) is 5.21. The summed E-state index contributed by atoms with van der Waals surface area (Å²) in [5.74, 6) is 0. The minimum absolute atomic E-state index is 0.0665. The van der Waals surface area contributed by atoms with Crippen LogP contribution in [-0.4, -0.2) is 42.5 Å². The Labute approximate surface area is 91.0 Å². The second-order valence-corrected chi connectivity index (χ2v) is 4.51. The lowest BCUT2D eigenvalue weighted by molar-refractivity contribution is -0.0125. The predicted molar refractivity (Wildman–Crippen MR) is 58.4 cm³/mol. The van der Waals surface area contributed by atoms with E-state index in [2.05, 4.69) is 19.2 Å². The number of halogens is 2. The number of alkyl halides is 2. The summed E-state index contributed by atoms with van der Waals surface area (Å²) in [6.07, 6.45) is -0.376. The van der Waals surface area contributed by atoms with Crippen LogP contribution in [0.2, 0.25) is 0 Å². The van der Waals surface area contributed by atoms with Crippen molar-refractivity contribution in [1.82, 2.24) is 10.2 Å². The Morgan fingerprint density at radius 2 is 2.00 bits per heavy atom. The first kappa shape index (κ1) is 12.8. The van der Waals surface area contributed by atoms with Crippen LogP contribution in [-0.2, 0) is 0 Å². The van der Waals surface area contributed by atoms with E-state index in [9.17, 15) is 8.78 Å². The molecule has 1 fully saturated rings. The van der Waals surface area contributed by atoms with Crippen molar-refractivity contribution < 1.29 is 8.78 Å². The van der Waals surface area contributed by atoms with E-state index in [1.165, 1.54) is 0 Å². The van der Waals surface area contributed by atoms with Crippen LogP contribution in [0, 0.1) is 0 Å². The molecule has 0 aromatic rings. The smallest absolute Gasteiger partial charge is 0.251 e. The third kappa shape index (κ3) is 2.88. The first-order valence-electron chi connectivity index (χ1n) is 5.80. The zero-order valence-corrected chi connectivity index (χ0v) is 9.89. The normalized spacial score (nSPS) is 27.2. The summed E-state index contributed by atoms with van der Waals surface area (Å²) in [6, 6.07) is 0.315. The Hall–Kier alpha value is -0.220. The van der Waals surface area contributed by atoms with E-state index < -0.39 is 6.43 Å². The van der Waals surface area contributed by atoms with Gasteiger partial charge in [0.1, 0.15) is 0 Å². The monoisotopic (exact) mass is 220 g/mol. The van der Waals surface area contributed by atoms with E-state index in [-0.39, 0.29) is 12.1 Å². The molecule has 1 atom stereocenters. The summed E-state index contributed by atoms with van der Waals surface area (Å²) >= 11 is 0. The second-order valence-electron chi connectivity index (χ2n) is 4.51. The van der Waals surface area contributed by atoms with E-state index in [1.807, 2.05) is 11.8 Å². The number of nitrogens with one attached hydrogen (secondary N) is 1. The van der Waals surface area contributed by atoms with Gasteiger partial charge in [0.2, 0.25) is 0 Å². The van der Waals surface area contributed by atoms with E-state index in [4.69, 9.17) is 0 Å². The quantitative estimate of drug-likeness (QED) is 0.780. The van der Waals surface area contributed by atoms with Crippen LogP contribution in [0.4, 0.5) is 8.78 Å². The van der Waals surface area contributed by atoms with Gasteiger partial charge in [-0.1, -0.05) is 13.8 Å². The molecule has 0 spiro atoms. The van der Waals surface area contributed by atoms with Gasteiger partial charge in [-0.05, 0) is 19.8 Å². The molecule has 15 heavy (non-hydrogen) atoms. The molecule has 1 aliphatic heterocycles. The van der Waals surface area contributed by atoms with Crippen LogP contribution >= 0.6 is 0 Å². The maximum atomic E-state index is 12.5. The molecule has 90 valence electrons. The minimum Gasteiger partial charge on any atom is -0.311 e. The molecule has 0 saturated carbocycles. The molecular weight excluding hydrogens is 198 g/mol. The summed E-state index contributed by atoms with van der Waals surface area (Å²) in [5.41, 5.74) is -0.0665. The maximum absolute atomic E-state index is 12.5. The lowest BCUT2D eigenvalue weighted by atomic mass is 9.87. The van der Waals surface area contributed by atoms with Crippen molar-refractivity contribution in [3.8, 4) is 0 Å². The Balaban J connectivity index is 2.73. The summed E-state index contributed by atoms with van der Waals surface area (Å²) in [7, 11) is 0. The topological polar surface area (TPSA) is 15.3 Å². The molecule has 2 nitrogen and oxygen atoms in total. The van der Waals surface area contributed by atoms with Crippen molar-refractivity contribution in [3.05, 3.63) is 0 Å². The van der Waals surface area contributed by atoms with E-state index >= 15 is 0 Å². The zero-order chi connectivity index (χ0) is 11.5. The lowest BCUT2D eigenvalue weighted by Gasteiger charge is -2.49. The molecule has 1 N–H and O–H groups in total.